The fourth-order valence-corrected chi connectivity index (χ4v) is 2.47. The largest absolute Gasteiger partial charge is 0.491 e. The molecule has 0 fully saturated rings. The van der Waals surface area contributed by atoms with Crippen LogP contribution in [-0.2, 0) is 0 Å². The molecule has 2 rings (SSSR count). The van der Waals surface area contributed by atoms with Crippen molar-refractivity contribution in [1.29, 1.82) is 0 Å². The molecule has 102 valence electrons. The molecular formula is C15H20N2OS. The van der Waals surface area contributed by atoms with Gasteiger partial charge in [-0.1, -0.05) is 13.0 Å². The molecule has 19 heavy (non-hydrogen) atoms. The first-order chi connectivity index (χ1) is 9.20. The number of rotatable bonds is 6. The first-order valence-electron chi connectivity index (χ1n) is 6.58. The number of benzene rings is 1. The van der Waals surface area contributed by atoms with Crippen LogP contribution in [-0.4, -0.2) is 11.6 Å². The van der Waals surface area contributed by atoms with Gasteiger partial charge in [0.2, 0.25) is 0 Å². The van der Waals surface area contributed by atoms with Gasteiger partial charge in [0.25, 0.3) is 0 Å². The number of hydrogen-bond donors (Lipinski definition) is 1. The summed E-state index contributed by atoms with van der Waals surface area (Å²) in [6, 6.07) is 6.42. The van der Waals surface area contributed by atoms with Crippen LogP contribution in [0.3, 0.4) is 0 Å². The first-order valence-corrected chi connectivity index (χ1v) is 7.53. The number of nitrogens with one attached hydrogen (secondary N) is 1. The monoisotopic (exact) mass is 276 g/mol. The molecule has 0 aliphatic rings. The average molecular weight is 276 g/mol. The van der Waals surface area contributed by atoms with E-state index in [0.29, 0.717) is 0 Å². The van der Waals surface area contributed by atoms with Gasteiger partial charge in [-0.25, -0.2) is 4.98 Å². The maximum Gasteiger partial charge on any atom is 0.142 e. The fraction of sp³-hybridized carbons (Fsp3) is 0.400. The van der Waals surface area contributed by atoms with Crippen LogP contribution in [0.25, 0.3) is 0 Å². The van der Waals surface area contributed by atoms with Crippen molar-refractivity contribution in [3.05, 3.63) is 40.3 Å². The molecule has 0 spiro atoms. The maximum atomic E-state index is 5.81. The third-order valence-electron chi connectivity index (χ3n) is 2.87. The van der Waals surface area contributed by atoms with Crippen molar-refractivity contribution in [3.8, 4) is 5.75 Å². The van der Waals surface area contributed by atoms with Gasteiger partial charge in [0.05, 0.1) is 29.5 Å². The predicted octanol–water partition coefficient (Wildman–Crippen LogP) is 4.41. The molecule has 1 heterocycles. The molecule has 0 amide bonds. The van der Waals surface area contributed by atoms with E-state index >= 15 is 0 Å². The van der Waals surface area contributed by atoms with Crippen LogP contribution in [0.15, 0.2) is 29.1 Å². The van der Waals surface area contributed by atoms with Gasteiger partial charge in [0, 0.05) is 5.38 Å². The number of thiazole rings is 1. The van der Waals surface area contributed by atoms with Crippen molar-refractivity contribution in [2.45, 2.75) is 33.2 Å². The van der Waals surface area contributed by atoms with Crippen LogP contribution >= 0.6 is 11.3 Å². The van der Waals surface area contributed by atoms with E-state index in [1.807, 2.05) is 5.51 Å². The summed E-state index contributed by atoms with van der Waals surface area (Å²) in [5.74, 6) is 0.920. The number of aryl methyl sites for hydroxylation is 1. The smallest absolute Gasteiger partial charge is 0.142 e. The third-order valence-corrected chi connectivity index (χ3v) is 3.47. The summed E-state index contributed by atoms with van der Waals surface area (Å²) < 4.78 is 5.81. The lowest BCUT2D eigenvalue weighted by Crippen LogP contribution is -2.09. The van der Waals surface area contributed by atoms with Crippen LogP contribution in [0.5, 0.6) is 5.75 Å². The predicted molar refractivity (Wildman–Crippen MR) is 81.1 cm³/mol. The molecule has 0 saturated heterocycles. The summed E-state index contributed by atoms with van der Waals surface area (Å²) in [4.78, 5) is 4.34. The summed E-state index contributed by atoms with van der Waals surface area (Å²) in [5.41, 5.74) is 5.15. The van der Waals surface area contributed by atoms with Crippen LogP contribution in [0.1, 0.15) is 37.6 Å². The Morgan fingerprint density at radius 2 is 2.26 bits per heavy atom. The Hall–Kier alpha value is -1.55. The summed E-state index contributed by atoms with van der Waals surface area (Å²) in [6.45, 7) is 7.04. The van der Waals surface area contributed by atoms with Crippen LogP contribution in [0, 0.1) is 6.92 Å². The molecule has 1 unspecified atom stereocenters. The van der Waals surface area contributed by atoms with Gasteiger partial charge < -0.3 is 10.1 Å². The Balaban J connectivity index is 2.14. The van der Waals surface area contributed by atoms with Crippen molar-refractivity contribution in [1.82, 2.24) is 4.98 Å². The van der Waals surface area contributed by atoms with E-state index in [1.165, 1.54) is 5.56 Å². The van der Waals surface area contributed by atoms with Gasteiger partial charge in [0.15, 0.2) is 0 Å². The van der Waals surface area contributed by atoms with Crippen molar-refractivity contribution in [2.24, 2.45) is 0 Å². The van der Waals surface area contributed by atoms with Crippen LogP contribution in [0.2, 0.25) is 0 Å². The fourth-order valence-electron chi connectivity index (χ4n) is 1.82. The van der Waals surface area contributed by atoms with E-state index in [-0.39, 0.29) is 6.04 Å². The Morgan fingerprint density at radius 3 is 2.95 bits per heavy atom. The van der Waals surface area contributed by atoms with Crippen molar-refractivity contribution >= 4 is 17.0 Å². The number of nitrogens with zero attached hydrogens (tertiary/aromatic N) is 1. The molecule has 1 N–H and O–H groups in total. The molecule has 3 nitrogen and oxygen atoms in total. The molecule has 0 saturated carbocycles. The minimum absolute atomic E-state index is 0.179. The highest BCUT2D eigenvalue weighted by molar-refractivity contribution is 7.07. The SMILES string of the molecule is CCCOc1cc(C)ccc1NC(C)c1cscn1. The molecule has 0 aliphatic heterocycles. The Labute approximate surface area is 118 Å². The van der Waals surface area contributed by atoms with E-state index in [4.69, 9.17) is 4.74 Å². The summed E-state index contributed by atoms with van der Waals surface area (Å²) in [6.07, 6.45) is 1.01. The highest BCUT2D eigenvalue weighted by Gasteiger charge is 2.10. The van der Waals surface area contributed by atoms with Crippen molar-refractivity contribution in [3.63, 3.8) is 0 Å². The molecule has 4 heteroatoms. The van der Waals surface area contributed by atoms with Crippen LogP contribution < -0.4 is 10.1 Å². The zero-order valence-electron chi connectivity index (χ0n) is 11.6. The van der Waals surface area contributed by atoms with Gasteiger partial charge in [-0.05, 0) is 38.0 Å². The Bertz CT molecular complexity index is 511. The van der Waals surface area contributed by atoms with E-state index in [2.05, 4.69) is 54.7 Å². The first kappa shape index (κ1) is 13.9. The Kier molecular flexibility index (Phi) is 4.80. The number of anilines is 1. The van der Waals surface area contributed by atoms with Crippen LogP contribution in [0.4, 0.5) is 5.69 Å². The van der Waals surface area contributed by atoms with Crippen molar-refractivity contribution in [2.75, 3.05) is 11.9 Å². The lowest BCUT2D eigenvalue weighted by molar-refractivity contribution is 0.318. The lowest BCUT2D eigenvalue weighted by atomic mass is 10.2. The molecule has 1 aromatic heterocycles. The summed E-state index contributed by atoms with van der Waals surface area (Å²) in [5, 5.41) is 5.54. The molecule has 2 aromatic rings. The lowest BCUT2D eigenvalue weighted by Gasteiger charge is -2.17. The third kappa shape index (κ3) is 3.70. The van der Waals surface area contributed by atoms with E-state index in [9.17, 15) is 0 Å². The second-order valence-electron chi connectivity index (χ2n) is 4.63. The van der Waals surface area contributed by atoms with Gasteiger partial charge in [-0.3, -0.25) is 0 Å². The maximum absolute atomic E-state index is 5.81. The summed E-state index contributed by atoms with van der Waals surface area (Å²) >= 11 is 1.62. The normalized spacial score (nSPS) is 12.2. The highest BCUT2D eigenvalue weighted by Crippen LogP contribution is 2.29. The second kappa shape index (κ2) is 6.57. The summed E-state index contributed by atoms with van der Waals surface area (Å²) in [7, 11) is 0. The number of ether oxygens (including phenoxy) is 1. The van der Waals surface area contributed by atoms with E-state index in [1.54, 1.807) is 11.3 Å². The quantitative estimate of drug-likeness (QED) is 0.848. The molecule has 0 aliphatic carbocycles. The van der Waals surface area contributed by atoms with E-state index < -0.39 is 0 Å². The molecule has 1 aromatic carbocycles. The van der Waals surface area contributed by atoms with Crippen molar-refractivity contribution < 1.29 is 4.74 Å². The zero-order valence-corrected chi connectivity index (χ0v) is 12.5. The minimum atomic E-state index is 0.179. The number of hydrogen-bond acceptors (Lipinski definition) is 4. The minimum Gasteiger partial charge on any atom is -0.491 e. The molecule has 0 radical (unpaired) electrons. The second-order valence-corrected chi connectivity index (χ2v) is 5.35. The van der Waals surface area contributed by atoms with Gasteiger partial charge in [-0.2, -0.15) is 0 Å². The average Bonchev–Trinajstić information content (AvgIpc) is 2.93. The number of aromatic nitrogens is 1. The Morgan fingerprint density at radius 1 is 1.42 bits per heavy atom. The molecular weight excluding hydrogens is 256 g/mol. The van der Waals surface area contributed by atoms with Gasteiger partial charge >= 0.3 is 0 Å². The van der Waals surface area contributed by atoms with E-state index in [0.717, 1.165) is 30.2 Å². The molecule has 0 bridgehead atoms. The standard InChI is InChI=1S/C15H20N2OS/c1-4-7-18-15-8-11(2)5-6-13(15)17-12(3)14-9-19-10-16-14/h5-6,8-10,12,17H,4,7H2,1-3H3. The zero-order chi connectivity index (χ0) is 13.7. The van der Waals surface area contributed by atoms with Gasteiger partial charge in [0.1, 0.15) is 5.75 Å². The highest BCUT2D eigenvalue weighted by atomic mass is 32.1. The van der Waals surface area contributed by atoms with Gasteiger partial charge in [-0.15, -0.1) is 11.3 Å². The topological polar surface area (TPSA) is 34.1 Å². The molecule has 1 atom stereocenters.